The average molecular weight is 154 g/mol. The first kappa shape index (κ1) is 7.10. The van der Waals surface area contributed by atoms with Crippen LogP contribution in [0.4, 0.5) is 0 Å². The number of piperidine rings is 2. The molecule has 1 amide bonds. The minimum Gasteiger partial charge on any atom is -0.359 e. The van der Waals surface area contributed by atoms with E-state index < -0.39 is 0 Å². The van der Waals surface area contributed by atoms with Gasteiger partial charge in [-0.15, -0.1) is 0 Å². The molecule has 3 nitrogen and oxygen atoms in total. The second-order valence-corrected chi connectivity index (χ2v) is 3.76. The Bertz CT molecular complexity index is 179. The van der Waals surface area contributed by atoms with E-state index in [2.05, 4.69) is 10.6 Å². The third-order valence-electron chi connectivity index (χ3n) is 2.96. The first-order valence-corrected chi connectivity index (χ1v) is 4.20. The number of hydrogen-bond acceptors (Lipinski definition) is 2. The zero-order chi connectivity index (χ0) is 7.90. The van der Waals surface area contributed by atoms with E-state index in [4.69, 9.17) is 0 Å². The van der Waals surface area contributed by atoms with Crippen molar-refractivity contribution in [1.82, 2.24) is 10.6 Å². The highest BCUT2D eigenvalue weighted by Gasteiger charge is 2.51. The molecule has 1 aliphatic carbocycles. The molecule has 3 heteroatoms. The van der Waals surface area contributed by atoms with E-state index in [1.54, 1.807) is 7.05 Å². The summed E-state index contributed by atoms with van der Waals surface area (Å²) in [5.74, 6) is 0.988. The lowest BCUT2D eigenvalue weighted by Crippen LogP contribution is -2.60. The molecule has 0 atom stereocenters. The van der Waals surface area contributed by atoms with Crippen LogP contribution < -0.4 is 10.6 Å². The van der Waals surface area contributed by atoms with Gasteiger partial charge in [0.2, 0.25) is 5.91 Å². The Hall–Kier alpha value is -0.570. The monoisotopic (exact) mass is 154 g/mol. The first-order chi connectivity index (χ1) is 5.27. The fourth-order valence-electron chi connectivity index (χ4n) is 2.38. The predicted molar refractivity (Wildman–Crippen MR) is 42.1 cm³/mol. The lowest BCUT2D eigenvalue weighted by atomic mass is 9.59. The van der Waals surface area contributed by atoms with E-state index in [0.29, 0.717) is 0 Å². The molecule has 2 aliphatic heterocycles. The molecule has 2 saturated heterocycles. The number of fused-ring (bicyclic) bond motifs is 2. The fraction of sp³-hybridized carbons (Fsp3) is 0.875. The smallest absolute Gasteiger partial charge is 0.227 e. The molecule has 0 spiro atoms. The van der Waals surface area contributed by atoms with Crippen LogP contribution in [0.1, 0.15) is 12.8 Å². The third-order valence-corrected chi connectivity index (χ3v) is 2.96. The summed E-state index contributed by atoms with van der Waals surface area (Å²) in [5.41, 5.74) is -0.0301. The van der Waals surface area contributed by atoms with Crippen LogP contribution in [0.2, 0.25) is 0 Å². The normalized spacial score (nSPS) is 41.0. The summed E-state index contributed by atoms with van der Waals surface area (Å²) < 4.78 is 0. The van der Waals surface area contributed by atoms with Crippen molar-refractivity contribution in [3.63, 3.8) is 0 Å². The van der Waals surface area contributed by atoms with E-state index in [-0.39, 0.29) is 11.3 Å². The summed E-state index contributed by atoms with van der Waals surface area (Å²) >= 11 is 0. The van der Waals surface area contributed by atoms with Crippen LogP contribution >= 0.6 is 0 Å². The Morgan fingerprint density at radius 1 is 1.64 bits per heavy atom. The van der Waals surface area contributed by atoms with Crippen LogP contribution in [-0.2, 0) is 4.79 Å². The highest BCUT2D eigenvalue weighted by atomic mass is 16.2. The van der Waals surface area contributed by atoms with E-state index in [1.807, 2.05) is 0 Å². The van der Waals surface area contributed by atoms with Gasteiger partial charge in [-0.1, -0.05) is 0 Å². The lowest BCUT2D eigenvalue weighted by molar-refractivity contribution is -0.141. The average Bonchev–Trinajstić information content (AvgIpc) is 2.02. The van der Waals surface area contributed by atoms with Crippen molar-refractivity contribution in [2.45, 2.75) is 12.8 Å². The first-order valence-electron chi connectivity index (χ1n) is 4.20. The van der Waals surface area contributed by atoms with Crippen LogP contribution in [0.5, 0.6) is 0 Å². The molecule has 0 aromatic carbocycles. The van der Waals surface area contributed by atoms with Gasteiger partial charge in [-0.05, 0) is 25.3 Å². The van der Waals surface area contributed by atoms with Gasteiger partial charge in [-0.3, -0.25) is 4.79 Å². The maximum Gasteiger partial charge on any atom is 0.227 e. The molecular weight excluding hydrogens is 140 g/mol. The molecule has 0 aromatic rings. The topological polar surface area (TPSA) is 41.1 Å². The van der Waals surface area contributed by atoms with Gasteiger partial charge in [-0.25, -0.2) is 0 Å². The molecule has 3 rings (SSSR count). The summed E-state index contributed by atoms with van der Waals surface area (Å²) in [6.07, 6.45) is 2.19. The van der Waals surface area contributed by atoms with Crippen LogP contribution in [0, 0.1) is 11.3 Å². The Morgan fingerprint density at radius 3 is 2.82 bits per heavy atom. The highest BCUT2D eigenvalue weighted by molar-refractivity contribution is 5.83. The Kier molecular flexibility index (Phi) is 1.42. The van der Waals surface area contributed by atoms with Crippen molar-refractivity contribution in [2.75, 3.05) is 20.1 Å². The van der Waals surface area contributed by atoms with E-state index >= 15 is 0 Å². The number of carbonyl (C=O) groups is 1. The summed E-state index contributed by atoms with van der Waals surface area (Å²) in [6.45, 7) is 1.99. The van der Waals surface area contributed by atoms with Crippen LogP contribution in [-0.4, -0.2) is 26.0 Å². The Labute approximate surface area is 66.5 Å². The molecule has 3 aliphatic rings. The van der Waals surface area contributed by atoms with Gasteiger partial charge in [0.15, 0.2) is 0 Å². The predicted octanol–water partition coefficient (Wildman–Crippen LogP) is -0.268. The van der Waals surface area contributed by atoms with Crippen molar-refractivity contribution < 1.29 is 4.79 Å². The maximum absolute atomic E-state index is 11.4. The largest absolute Gasteiger partial charge is 0.359 e. The van der Waals surface area contributed by atoms with Gasteiger partial charge in [0.25, 0.3) is 0 Å². The summed E-state index contributed by atoms with van der Waals surface area (Å²) in [5, 5.41) is 6.01. The minimum absolute atomic E-state index is 0.0301. The Balaban J connectivity index is 2.06. The molecule has 3 fully saturated rings. The number of nitrogens with one attached hydrogen (secondary N) is 2. The van der Waals surface area contributed by atoms with Gasteiger partial charge >= 0.3 is 0 Å². The molecule has 1 saturated carbocycles. The van der Waals surface area contributed by atoms with Crippen LogP contribution in [0.25, 0.3) is 0 Å². The van der Waals surface area contributed by atoms with Crippen molar-refractivity contribution in [2.24, 2.45) is 11.3 Å². The number of rotatable bonds is 1. The molecule has 62 valence electrons. The Morgan fingerprint density at radius 2 is 2.36 bits per heavy atom. The number of hydrogen-bond donors (Lipinski definition) is 2. The van der Waals surface area contributed by atoms with Crippen molar-refractivity contribution in [3.8, 4) is 0 Å². The second kappa shape index (κ2) is 2.21. The van der Waals surface area contributed by atoms with Gasteiger partial charge in [-0.2, -0.15) is 0 Å². The fourth-order valence-corrected chi connectivity index (χ4v) is 2.38. The van der Waals surface area contributed by atoms with Crippen LogP contribution in [0.15, 0.2) is 0 Å². The lowest BCUT2D eigenvalue weighted by Gasteiger charge is -2.51. The highest BCUT2D eigenvalue weighted by Crippen LogP contribution is 2.47. The zero-order valence-electron chi connectivity index (χ0n) is 6.81. The number of carbonyl (C=O) groups excluding carboxylic acids is 1. The SMILES string of the molecule is CNC(=O)C12CNCC(C1)C2. The van der Waals surface area contributed by atoms with E-state index in [1.165, 1.54) is 0 Å². The summed E-state index contributed by atoms with van der Waals surface area (Å²) in [7, 11) is 1.72. The minimum atomic E-state index is -0.0301. The molecule has 0 unspecified atom stereocenters. The van der Waals surface area contributed by atoms with Crippen molar-refractivity contribution in [3.05, 3.63) is 0 Å². The van der Waals surface area contributed by atoms with Crippen LogP contribution in [0.3, 0.4) is 0 Å². The number of amides is 1. The molecule has 11 heavy (non-hydrogen) atoms. The molecule has 2 heterocycles. The summed E-state index contributed by atoms with van der Waals surface area (Å²) in [4.78, 5) is 11.4. The van der Waals surface area contributed by atoms with Gasteiger partial charge in [0, 0.05) is 13.6 Å². The third kappa shape index (κ3) is 0.872. The quantitative estimate of drug-likeness (QED) is 0.546. The molecular formula is C8H14N2O. The molecule has 0 radical (unpaired) electrons. The second-order valence-electron chi connectivity index (χ2n) is 3.76. The maximum atomic E-state index is 11.4. The van der Waals surface area contributed by atoms with E-state index in [0.717, 1.165) is 31.8 Å². The van der Waals surface area contributed by atoms with E-state index in [9.17, 15) is 4.79 Å². The standard InChI is InChI=1S/C8H14N2O/c1-9-7(11)8-2-6(3-8)4-10-5-8/h6,10H,2-5H2,1H3,(H,9,11). The van der Waals surface area contributed by atoms with Gasteiger partial charge in [0.1, 0.15) is 0 Å². The molecule has 2 N–H and O–H groups in total. The van der Waals surface area contributed by atoms with Gasteiger partial charge < -0.3 is 10.6 Å². The summed E-state index contributed by atoms with van der Waals surface area (Å²) in [6, 6.07) is 0. The van der Waals surface area contributed by atoms with Crippen molar-refractivity contribution >= 4 is 5.91 Å². The zero-order valence-corrected chi connectivity index (χ0v) is 6.81. The molecule has 2 bridgehead atoms. The van der Waals surface area contributed by atoms with Crippen molar-refractivity contribution in [1.29, 1.82) is 0 Å². The molecule has 0 aromatic heterocycles. The van der Waals surface area contributed by atoms with Gasteiger partial charge in [0.05, 0.1) is 5.41 Å².